The van der Waals surface area contributed by atoms with Crippen molar-refractivity contribution in [3.8, 4) is 0 Å². The lowest BCUT2D eigenvalue weighted by Crippen LogP contribution is -2.14. The lowest BCUT2D eigenvalue weighted by Gasteiger charge is -2.21. The fourth-order valence-corrected chi connectivity index (χ4v) is 2.90. The Bertz CT molecular complexity index is 593. The molecule has 2 heterocycles. The maximum Gasteiger partial charge on any atom is 0.186 e. The topological polar surface area (TPSA) is 52.7 Å². The third-order valence-electron chi connectivity index (χ3n) is 4.06. The molecule has 1 saturated carbocycles. The van der Waals surface area contributed by atoms with Crippen molar-refractivity contribution in [3.63, 3.8) is 0 Å². The number of imidazole rings is 1. The van der Waals surface area contributed by atoms with Crippen molar-refractivity contribution in [2.45, 2.75) is 44.6 Å². The summed E-state index contributed by atoms with van der Waals surface area (Å²) < 4.78 is 3.80. The Morgan fingerprint density at radius 3 is 2.85 bits per heavy atom. The van der Waals surface area contributed by atoms with Crippen LogP contribution in [0.5, 0.6) is 0 Å². The van der Waals surface area contributed by atoms with Gasteiger partial charge in [-0.25, -0.2) is 4.98 Å². The third-order valence-corrected chi connectivity index (χ3v) is 4.06. The molecule has 0 saturated heterocycles. The number of carbonyl (C=O) groups is 1. The van der Waals surface area contributed by atoms with Gasteiger partial charge < -0.3 is 4.57 Å². The number of Topliss-reactive ketones (excluding diaryl/α,β-unsaturated/α-hetero) is 1. The summed E-state index contributed by atoms with van der Waals surface area (Å²) in [4.78, 5) is 16.2. The first-order valence-electron chi connectivity index (χ1n) is 7.27. The van der Waals surface area contributed by atoms with Crippen molar-refractivity contribution in [2.75, 3.05) is 0 Å². The van der Waals surface area contributed by atoms with Gasteiger partial charge in [-0.15, -0.1) is 0 Å². The molecule has 2 aromatic rings. The van der Waals surface area contributed by atoms with E-state index in [0.29, 0.717) is 18.2 Å². The third kappa shape index (κ3) is 2.66. The number of aromatic nitrogens is 4. The number of carbonyl (C=O) groups excluding carboxylic acids is 1. The van der Waals surface area contributed by atoms with E-state index in [1.54, 1.807) is 17.1 Å². The predicted molar refractivity (Wildman–Crippen MR) is 75.6 cm³/mol. The second-order valence-corrected chi connectivity index (χ2v) is 5.57. The molecule has 0 radical (unpaired) electrons. The van der Waals surface area contributed by atoms with E-state index < -0.39 is 0 Å². The van der Waals surface area contributed by atoms with Crippen LogP contribution < -0.4 is 0 Å². The smallest absolute Gasteiger partial charge is 0.186 e. The van der Waals surface area contributed by atoms with Crippen molar-refractivity contribution in [3.05, 3.63) is 36.2 Å². The maximum absolute atomic E-state index is 12.2. The van der Waals surface area contributed by atoms with Crippen LogP contribution in [0.3, 0.4) is 0 Å². The second-order valence-electron chi connectivity index (χ2n) is 5.57. The molecule has 1 fully saturated rings. The molecule has 3 rings (SSSR count). The van der Waals surface area contributed by atoms with E-state index in [9.17, 15) is 4.79 Å². The van der Waals surface area contributed by atoms with Crippen LogP contribution in [0.1, 0.15) is 54.3 Å². The van der Waals surface area contributed by atoms with Gasteiger partial charge in [-0.1, -0.05) is 19.3 Å². The van der Waals surface area contributed by atoms with Crippen LogP contribution >= 0.6 is 0 Å². The molecular formula is C15H20N4O. The molecule has 0 amide bonds. The van der Waals surface area contributed by atoms with E-state index in [0.717, 1.165) is 5.69 Å². The van der Waals surface area contributed by atoms with Crippen molar-refractivity contribution in [1.29, 1.82) is 0 Å². The molecule has 0 aliphatic heterocycles. The highest BCUT2D eigenvalue weighted by molar-refractivity contribution is 5.95. The Hall–Kier alpha value is -1.91. The second kappa shape index (κ2) is 5.61. The molecule has 1 aliphatic rings. The highest BCUT2D eigenvalue weighted by Gasteiger charge is 2.17. The van der Waals surface area contributed by atoms with E-state index in [1.165, 1.54) is 32.1 Å². The molecule has 0 bridgehead atoms. The van der Waals surface area contributed by atoms with Gasteiger partial charge in [0, 0.05) is 13.2 Å². The van der Waals surface area contributed by atoms with Gasteiger partial charge in [-0.05, 0) is 18.9 Å². The zero-order chi connectivity index (χ0) is 13.9. The van der Waals surface area contributed by atoms with Crippen LogP contribution in [0.4, 0.5) is 0 Å². The highest BCUT2D eigenvalue weighted by atomic mass is 16.1. The van der Waals surface area contributed by atoms with Gasteiger partial charge in [0.2, 0.25) is 0 Å². The standard InChI is InChI=1S/C15H20N4O/c1-18-11-16-10-14(18)15(20)9-12-7-8-19(17-12)13-5-3-2-4-6-13/h7-8,10-11,13H,2-6,9H2,1H3. The first-order chi connectivity index (χ1) is 9.74. The molecule has 0 atom stereocenters. The minimum absolute atomic E-state index is 0.0684. The highest BCUT2D eigenvalue weighted by Crippen LogP contribution is 2.27. The van der Waals surface area contributed by atoms with E-state index in [2.05, 4.69) is 10.1 Å². The van der Waals surface area contributed by atoms with Gasteiger partial charge in [0.25, 0.3) is 0 Å². The molecule has 5 heteroatoms. The average molecular weight is 272 g/mol. The molecule has 0 spiro atoms. The molecule has 2 aromatic heterocycles. The number of hydrogen-bond donors (Lipinski definition) is 0. The molecule has 0 unspecified atom stereocenters. The van der Waals surface area contributed by atoms with E-state index in [1.807, 2.05) is 24.0 Å². The van der Waals surface area contributed by atoms with Gasteiger partial charge in [0.15, 0.2) is 5.78 Å². The molecule has 20 heavy (non-hydrogen) atoms. The van der Waals surface area contributed by atoms with Crippen molar-refractivity contribution < 1.29 is 4.79 Å². The van der Waals surface area contributed by atoms with Gasteiger partial charge >= 0.3 is 0 Å². The van der Waals surface area contributed by atoms with Gasteiger partial charge in [0.05, 0.1) is 30.7 Å². The summed E-state index contributed by atoms with van der Waals surface area (Å²) >= 11 is 0. The lowest BCUT2D eigenvalue weighted by atomic mass is 9.96. The molecule has 106 valence electrons. The molecular weight excluding hydrogens is 252 g/mol. The molecule has 0 N–H and O–H groups in total. The zero-order valence-corrected chi connectivity index (χ0v) is 11.8. The number of nitrogens with zero attached hydrogens (tertiary/aromatic N) is 4. The van der Waals surface area contributed by atoms with Crippen LogP contribution in [0, 0.1) is 0 Å². The quantitative estimate of drug-likeness (QED) is 0.804. The van der Waals surface area contributed by atoms with Crippen molar-refractivity contribution in [2.24, 2.45) is 7.05 Å². The van der Waals surface area contributed by atoms with Crippen LogP contribution in [0.25, 0.3) is 0 Å². The van der Waals surface area contributed by atoms with E-state index in [4.69, 9.17) is 0 Å². The molecule has 0 aromatic carbocycles. The minimum Gasteiger partial charge on any atom is -0.331 e. The lowest BCUT2D eigenvalue weighted by molar-refractivity contribution is 0.0984. The summed E-state index contributed by atoms with van der Waals surface area (Å²) in [7, 11) is 1.83. The minimum atomic E-state index is 0.0684. The fraction of sp³-hybridized carbons (Fsp3) is 0.533. The summed E-state index contributed by atoms with van der Waals surface area (Å²) in [6, 6.07) is 2.48. The Morgan fingerprint density at radius 1 is 1.35 bits per heavy atom. The first-order valence-corrected chi connectivity index (χ1v) is 7.27. The summed E-state index contributed by atoms with van der Waals surface area (Å²) in [5.41, 5.74) is 1.49. The Morgan fingerprint density at radius 2 is 2.15 bits per heavy atom. The Balaban J connectivity index is 1.68. The van der Waals surface area contributed by atoms with Crippen molar-refractivity contribution in [1.82, 2.24) is 19.3 Å². The van der Waals surface area contributed by atoms with Gasteiger partial charge in [-0.3, -0.25) is 9.48 Å². The summed E-state index contributed by atoms with van der Waals surface area (Å²) in [6.45, 7) is 0. The number of rotatable bonds is 4. The normalized spacial score (nSPS) is 16.4. The van der Waals surface area contributed by atoms with Gasteiger partial charge in [0.1, 0.15) is 5.69 Å². The summed E-state index contributed by atoms with van der Waals surface area (Å²) in [5, 5.41) is 4.58. The van der Waals surface area contributed by atoms with Crippen LogP contribution in [0.15, 0.2) is 24.8 Å². The largest absolute Gasteiger partial charge is 0.331 e. The molecule has 5 nitrogen and oxygen atoms in total. The summed E-state index contributed by atoms with van der Waals surface area (Å²) in [6.07, 6.45) is 11.9. The maximum atomic E-state index is 12.2. The predicted octanol–water partition coefficient (Wildman–Crippen LogP) is 2.55. The van der Waals surface area contributed by atoms with E-state index >= 15 is 0 Å². The van der Waals surface area contributed by atoms with E-state index in [-0.39, 0.29) is 5.78 Å². The number of hydrogen-bond acceptors (Lipinski definition) is 3. The van der Waals surface area contributed by atoms with Crippen LogP contribution in [-0.2, 0) is 13.5 Å². The summed E-state index contributed by atoms with van der Waals surface area (Å²) in [5.74, 6) is 0.0684. The van der Waals surface area contributed by atoms with Crippen LogP contribution in [-0.4, -0.2) is 25.1 Å². The zero-order valence-electron chi connectivity index (χ0n) is 11.8. The van der Waals surface area contributed by atoms with Crippen molar-refractivity contribution >= 4 is 5.78 Å². The number of aryl methyl sites for hydroxylation is 1. The van der Waals surface area contributed by atoms with Crippen LogP contribution in [0.2, 0.25) is 0 Å². The fourth-order valence-electron chi connectivity index (χ4n) is 2.90. The Kier molecular flexibility index (Phi) is 3.67. The molecule has 1 aliphatic carbocycles. The monoisotopic (exact) mass is 272 g/mol. The SMILES string of the molecule is Cn1cncc1C(=O)Cc1ccn(C2CCCCC2)n1. The Labute approximate surface area is 118 Å². The average Bonchev–Trinajstić information content (AvgIpc) is 3.09. The van der Waals surface area contributed by atoms with Gasteiger partial charge in [-0.2, -0.15) is 5.10 Å². The first kappa shape index (κ1) is 13.1. The number of ketones is 1.